The summed E-state index contributed by atoms with van der Waals surface area (Å²) in [5.74, 6) is 0. The molecule has 0 aliphatic carbocycles. The quantitative estimate of drug-likeness (QED) is 0.814. The van der Waals surface area contributed by atoms with Crippen LogP contribution in [0, 0.1) is 5.41 Å². The molecule has 1 saturated heterocycles. The number of amides is 1. The van der Waals surface area contributed by atoms with Crippen LogP contribution in [0.15, 0.2) is 24.5 Å². The summed E-state index contributed by atoms with van der Waals surface area (Å²) in [6.07, 6.45) is 2.67. The zero-order chi connectivity index (χ0) is 14.3. The number of carbonyl (C=O) groups is 1. The molecule has 1 fully saturated rings. The van der Waals surface area contributed by atoms with Crippen LogP contribution in [-0.2, 0) is 5.60 Å². The van der Waals surface area contributed by atoms with Crippen LogP contribution in [-0.4, -0.2) is 38.8 Å². The van der Waals surface area contributed by atoms with Crippen LogP contribution in [0.2, 0.25) is 0 Å². The fourth-order valence-electron chi connectivity index (χ4n) is 3.15. The molecule has 1 aliphatic rings. The second-order valence-electron chi connectivity index (χ2n) is 6.15. The monoisotopic (exact) mass is 264 g/mol. The summed E-state index contributed by atoms with van der Waals surface area (Å²) in [6.45, 7) is 6.19. The van der Waals surface area contributed by atoms with Crippen molar-refractivity contribution >= 4 is 6.09 Å². The molecule has 2 atom stereocenters. The zero-order valence-electron chi connectivity index (χ0n) is 11.5. The Hall–Kier alpha value is -1.62. The molecule has 1 amide bonds. The van der Waals surface area contributed by atoms with Crippen molar-refractivity contribution in [3.05, 3.63) is 30.1 Å². The summed E-state index contributed by atoms with van der Waals surface area (Å²) in [4.78, 5) is 16.7. The molecule has 1 aromatic rings. The Morgan fingerprint density at radius 1 is 1.42 bits per heavy atom. The minimum atomic E-state index is -1.15. The van der Waals surface area contributed by atoms with E-state index in [4.69, 9.17) is 0 Å². The largest absolute Gasteiger partial charge is 0.465 e. The van der Waals surface area contributed by atoms with Gasteiger partial charge in [0.05, 0.1) is 6.04 Å². The van der Waals surface area contributed by atoms with E-state index in [1.807, 2.05) is 20.8 Å². The van der Waals surface area contributed by atoms with Gasteiger partial charge >= 0.3 is 6.09 Å². The predicted molar refractivity (Wildman–Crippen MR) is 70.7 cm³/mol. The first-order valence-corrected chi connectivity index (χ1v) is 6.39. The summed E-state index contributed by atoms with van der Waals surface area (Å²) in [5.41, 5.74) is -0.780. The first-order chi connectivity index (χ1) is 8.77. The van der Waals surface area contributed by atoms with Crippen LogP contribution < -0.4 is 0 Å². The molecule has 5 heteroatoms. The number of hydrogen-bond donors (Lipinski definition) is 2. The highest BCUT2D eigenvalue weighted by atomic mass is 16.4. The second kappa shape index (κ2) is 4.49. The summed E-state index contributed by atoms with van der Waals surface area (Å²) in [6, 6.07) is 3.04. The number of aromatic nitrogens is 1. The number of pyridine rings is 1. The van der Waals surface area contributed by atoms with Gasteiger partial charge in [0.2, 0.25) is 0 Å². The molecule has 0 bridgehead atoms. The molecular formula is C14H20N2O3. The normalized spacial score (nSPS) is 27.6. The molecule has 5 nitrogen and oxygen atoms in total. The lowest BCUT2D eigenvalue weighted by Crippen LogP contribution is -2.52. The minimum absolute atomic E-state index is 0.343. The molecule has 0 saturated carbocycles. The minimum Gasteiger partial charge on any atom is -0.465 e. The highest BCUT2D eigenvalue weighted by molar-refractivity contribution is 5.66. The highest BCUT2D eigenvalue weighted by Gasteiger charge is 2.54. The van der Waals surface area contributed by atoms with Crippen molar-refractivity contribution in [3.63, 3.8) is 0 Å². The molecule has 2 heterocycles. The second-order valence-corrected chi connectivity index (χ2v) is 6.15. The molecule has 0 spiro atoms. The van der Waals surface area contributed by atoms with Crippen molar-refractivity contribution in [2.45, 2.75) is 38.8 Å². The number of rotatable bonds is 1. The van der Waals surface area contributed by atoms with Crippen molar-refractivity contribution in [2.24, 2.45) is 5.41 Å². The number of likely N-dealkylation sites (tertiary alicyclic amines) is 1. The topological polar surface area (TPSA) is 73.7 Å². The lowest BCUT2D eigenvalue weighted by Gasteiger charge is -2.41. The molecule has 0 aromatic carbocycles. The van der Waals surface area contributed by atoms with E-state index in [0.29, 0.717) is 13.0 Å². The maximum Gasteiger partial charge on any atom is 0.407 e. The van der Waals surface area contributed by atoms with Crippen molar-refractivity contribution in [1.82, 2.24) is 9.88 Å². The van der Waals surface area contributed by atoms with Crippen molar-refractivity contribution in [2.75, 3.05) is 6.54 Å². The third kappa shape index (κ3) is 2.30. The Labute approximate surface area is 112 Å². The van der Waals surface area contributed by atoms with Gasteiger partial charge in [-0.2, -0.15) is 0 Å². The van der Waals surface area contributed by atoms with Crippen molar-refractivity contribution in [1.29, 1.82) is 0 Å². The van der Waals surface area contributed by atoms with E-state index in [0.717, 1.165) is 5.56 Å². The number of aliphatic hydroxyl groups is 1. The first-order valence-electron chi connectivity index (χ1n) is 6.39. The molecule has 0 radical (unpaired) electrons. The van der Waals surface area contributed by atoms with Crippen LogP contribution in [0.1, 0.15) is 32.8 Å². The van der Waals surface area contributed by atoms with Crippen LogP contribution in [0.3, 0.4) is 0 Å². The van der Waals surface area contributed by atoms with Gasteiger partial charge in [-0.15, -0.1) is 0 Å². The van der Waals surface area contributed by atoms with E-state index >= 15 is 0 Å². The van der Waals surface area contributed by atoms with Gasteiger partial charge < -0.3 is 15.1 Å². The van der Waals surface area contributed by atoms with Gasteiger partial charge in [-0.1, -0.05) is 20.8 Å². The van der Waals surface area contributed by atoms with Gasteiger partial charge in [-0.05, 0) is 23.1 Å². The van der Waals surface area contributed by atoms with Gasteiger partial charge in [0.25, 0.3) is 0 Å². The van der Waals surface area contributed by atoms with Crippen molar-refractivity contribution in [3.8, 4) is 0 Å². The number of hydrogen-bond acceptors (Lipinski definition) is 3. The van der Waals surface area contributed by atoms with Crippen LogP contribution in [0.5, 0.6) is 0 Å². The molecular weight excluding hydrogens is 244 g/mol. The molecule has 2 rings (SSSR count). The molecule has 2 N–H and O–H groups in total. The third-order valence-electron chi connectivity index (χ3n) is 3.74. The fourth-order valence-corrected chi connectivity index (χ4v) is 3.15. The maximum absolute atomic E-state index is 11.4. The summed E-state index contributed by atoms with van der Waals surface area (Å²) in [7, 11) is 0. The molecule has 1 aromatic heterocycles. The van der Waals surface area contributed by atoms with E-state index in [1.165, 1.54) is 4.90 Å². The number of carboxylic acid groups (broad SMARTS) is 1. The third-order valence-corrected chi connectivity index (χ3v) is 3.74. The zero-order valence-corrected chi connectivity index (χ0v) is 11.5. The summed E-state index contributed by atoms with van der Waals surface area (Å²) < 4.78 is 0. The van der Waals surface area contributed by atoms with E-state index in [2.05, 4.69) is 4.98 Å². The predicted octanol–water partition coefficient (Wildman–Crippen LogP) is 2.07. The van der Waals surface area contributed by atoms with Gasteiger partial charge in [0, 0.05) is 25.4 Å². The first kappa shape index (κ1) is 13.8. The lowest BCUT2D eigenvalue weighted by atomic mass is 9.74. The Morgan fingerprint density at radius 3 is 2.47 bits per heavy atom. The Morgan fingerprint density at radius 2 is 2.00 bits per heavy atom. The van der Waals surface area contributed by atoms with Crippen LogP contribution >= 0.6 is 0 Å². The Balaban J connectivity index is 2.48. The average Bonchev–Trinajstić information content (AvgIpc) is 2.69. The van der Waals surface area contributed by atoms with E-state index in [1.54, 1.807) is 24.5 Å². The summed E-state index contributed by atoms with van der Waals surface area (Å²) >= 11 is 0. The molecule has 19 heavy (non-hydrogen) atoms. The Kier molecular flexibility index (Phi) is 3.26. The van der Waals surface area contributed by atoms with Gasteiger partial charge in [0.1, 0.15) is 5.60 Å². The molecule has 2 unspecified atom stereocenters. The Bertz CT molecular complexity index is 469. The standard InChI is InChI=1S/C14H20N2O3/c1-13(2,3)11-14(19,6-9-16(11)12(17)18)10-4-7-15-8-5-10/h4-5,7-8,11,19H,6,9H2,1-3H3,(H,17,18). The van der Waals surface area contributed by atoms with E-state index in [-0.39, 0.29) is 5.41 Å². The molecule has 1 aliphatic heterocycles. The maximum atomic E-state index is 11.4. The van der Waals surface area contributed by atoms with Crippen LogP contribution in [0.25, 0.3) is 0 Å². The van der Waals surface area contributed by atoms with Gasteiger partial charge in [0.15, 0.2) is 0 Å². The lowest BCUT2D eigenvalue weighted by molar-refractivity contribution is -0.0413. The van der Waals surface area contributed by atoms with E-state index in [9.17, 15) is 15.0 Å². The van der Waals surface area contributed by atoms with Crippen molar-refractivity contribution < 1.29 is 15.0 Å². The smallest absolute Gasteiger partial charge is 0.407 e. The van der Waals surface area contributed by atoms with Crippen LogP contribution in [0.4, 0.5) is 4.79 Å². The van der Waals surface area contributed by atoms with E-state index < -0.39 is 17.7 Å². The summed E-state index contributed by atoms with van der Waals surface area (Å²) in [5, 5.41) is 20.4. The SMILES string of the molecule is CC(C)(C)C1N(C(=O)O)CCC1(O)c1ccncc1. The highest BCUT2D eigenvalue weighted by Crippen LogP contribution is 2.45. The fraction of sp³-hybridized carbons (Fsp3) is 0.571. The molecule has 104 valence electrons. The number of nitrogens with zero attached hydrogens (tertiary/aromatic N) is 2. The average molecular weight is 264 g/mol. The van der Waals surface area contributed by atoms with Gasteiger partial charge in [-0.3, -0.25) is 4.98 Å². The van der Waals surface area contributed by atoms with Gasteiger partial charge in [-0.25, -0.2) is 4.79 Å².